The van der Waals surface area contributed by atoms with Crippen LogP contribution in [-0.2, 0) is 14.6 Å². The van der Waals surface area contributed by atoms with Crippen LogP contribution in [0, 0.1) is 5.41 Å². The molecule has 0 saturated heterocycles. The van der Waals surface area contributed by atoms with Crippen molar-refractivity contribution in [3.05, 3.63) is 18.3 Å². The molecule has 1 unspecified atom stereocenters. The van der Waals surface area contributed by atoms with Crippen LogP contribution in [0.4, 0.5) is 5.82 Å². The number of aliphatic carboxylic acids is 1. The SMILES string of the molecule is CC(C)(C)C(CC(=O)O)Nc1ncccc1S(C)(=O)=O. The molecule has 1 atom stereocenters. The number of sulfone groups is 1. The highest BCUT2D eigenvalue weighted by Gasteiger charge is 2.28. The first-order chi connectivity index (χ1) is 9.01. The van der Waals surface area contributed by atoms with Crippen molar-refractivity contribution in [2.24, 2.45) is 5.41 Å². The second kappa shape index (κ2) is 5.78. The number of hydrogen-bond donors (Lipinski definition) is 2. The summed E-state index contributed by atoms with van der Waals surface area (Å²) in [7, 11) is -3.43. The third-order valence-electron chi connectivity index (χ3n) is 2.91. The van der Waals surface area contributed by atoms with E-state index in [1.807, 2.05) is 20.8 Å². The number of carboxylic acid groups (broad SMARTS) is 1. The van der Waals surface area contributed by atoms with E-state index in [1.54, 1.807) is 0 Å². The van der Waals surface area contributed by atoms with Gasteiger partial charge in [0.25, 0.3) is 0 Å². The number of aromatic nitrogens is 1. The van der Waals surface area contributed by atoms with Gasteiger partial charge in [0.2, 0.25) is 0 Å². The van der Waals surface area contributed by atoms with Crippen molar-refractivity contribution in [3.63, 3.8) is 0 Å². The Hall–Kier alpha value is -1.63. The molecule has 1 aromatic heterocycles. The van der Waals surface area contributed by atoms with E-state index in [0.29, 0.717) is 0 Å². The molecule has 7 heteroatoms. The van der Waals surface area contributed by atoms with Gasteiger partial charge >= 0.3 is 5.97 Å². The van der Waals surface area contributed by atoms with Crippen molar-refractivity contribution in [2.75, 3.05) is 11.6 Å². The van der Waals surface area contributed by atoms with E-state index in [9.17, 15) is 13.2 Å². The fourth-order valence-electron chi connectivity index (χ4n) is 1.71. The Morgan fingerprint density at radius 1 is 1.45 bits per heavy atom. The Balaban J connectivity index is 3.16. The Kier molecular flexibility index (Phi) is 4.75. The van der Waals surface area contributed by atoms with E-state index in [0.717, 1.165) is 6.26 Å². The van der Waals surface area contributed by atoms with Gasteiger partial charge in [0, 0.05) is 18.5 Å². The number of rotatable bonds is 5. The normalized spacial score (nSPS) is 13.8. The number of nitrogens with one attached hydrogen (secondary N) is 1. The van der Waals surface area contributed by atoms with Crippen LogP contribution in [0.1, 0.15) is 27.2 Å². The van der Waals surface area contributed by atoms with Crippen LogP contribution in [0.5, 0.6) is 0 Å². The topological polar surface area (TPSA) is 96.4 Å². The predicted molar refractivity (Wildman–Crippen MR) is 76.5 cm³/mol. The molecule has 0 spiro atoms. The van der Waals surface area contributed by atoms with Crippen LogP contribution >= 0.6 is 0 Å². The van der Waals surface area contributed by atoms with Crippen molar-refractivity contribution in [1.29, 1.82) is 0 Å². The van der Waals surface area contributed by atoms with Gasteiger partial charge in [0.15, 0.2) is 9.84 Å². The lowest BCUT2D eigenvalue weighted by molar-refractivity contribution is -0.137. The summed E-state index contributed by atoms with van der Waals surface area (Å²) in [5.74, 6) is -0.759. The zero-order chi connectivity index (χ0) is 15.6. The summed E-state index contributed by atoms with van der Waals surface area (Å²) in [6, 6.07) is 2.55. The number of pyridine rings is 1. The number of hydrogen-bond acceptors (Lipinski definition) is 5. The van der Waals surface area contributed by atoms with E-state index in [1.165, 1.54) is 18.3 Å². The maximum atomic E-state index is 11.7. The maximum absolute atomic E-state index is 11.7. The van der Waals surface area contributed by atoms with Crippen LogP contribution in [0.25, 0.3) is 0 Å². The van der Waals surface area contributed by atoms with E-state index in [-0.39, 0.29) is 22.5 Å². The zero-order valence-electron chi connectivity index (χ0n) is 12.0. The number of nitrogens with zero attached hydrogens (tertiary/aromatic N) is 1. The van der Waals surface area contributed by atoms with Crippen LogP contribution < -0.4 is 5.32 Å². The average Bonchev–Trinajstić information content (AvgIpc) is 2.25. The molecule has 1 aromatic rings. The first-order valence-electron chi connectivity index (χ1n) is 6.15. The Morgan fingerprint density at radius 2 is 2.05 bits per heavy atom. The van der Waals surface area contributed by atoms with E-state index in [2.05, 4.69) is 10.3 Å². The molecular weight excluding hydrogens is 280 g/mol. The third kappa shape index (κ3) is 4.48. The highest BCUT2D eigenvalue weighted by atomic mass is 32.2. The van der Waals surface area contributed by atoms with Gasteiger partial charge in [0.05, 0.1) is 6.42 Å². The average molecular weight is 300 g/mol. The lowest BCUT2D eigenvalue weighted by Crippen LogP contribution is -2.36. The monoisotopic (exact) mass is 300 g/mol. The summed E-state index contributed by atoms with van der Waals surface area (Å²) in [5.41, 5.74) is -0.356. The van der Waals surface area contributed by atoms with Crippen LogP contribution in [0.15, 0.2) is 23.2 Å². The predicted octanol–water partition coefficient (Wildman–Crippen LogP) is 1.79. The number of carboxylic acids is 1. The van der Waals surface area contributed by atoms with E-state index >= 15 is 0 Å². The van der Waals surface area contributed by atoms with Gasteiger partial charge in [-0.2, -0.15) is 0 Å². The summed E-state index contributed by atoms with van der Waals surface area (Å²) in [5, 5.41) is 11.9. The van der Waals surface area contributed by atoms with Gasteiger partial charge in [-0.1, -0.05) is 20.8 Å². The van der Waals surface area contributed by atoms with Crippen molar-refractivity contribution in [1.82, 2.24) is 4.98 Å². The lowest BCUT2D eigenvalue weighted by Gasteiger charge is -2.31. The summed E-state index contributed by atoms with van der Waals surface area (Å²) in [4.78, 5) is 15.0. The number of carbonyl (C=O) groups is 1. The van der Waals surface area contributed by atoms with Crippen LogP contribution in [-0.4, -0.2) is 36.8 Å². The van der Waals surface area contributed by atoms with Crippen molar-refractivity contribution >= 4 is 21.6 Å². The molecular formula is C13H20N2O4S. The molecule has 112 valence electrons. The molecule has 0 fully saturated rings. The molecule has 0 saturated carbocycles. The Bertz CT molecular complexity index is 591. The minimum atomic E-state index is -3.43. The summed E-state index contributed by atoms with van der Waals surface area (Å²) >= 11 is 0. The molecule has 1 heterocycles. The summed E-state index contributed by atoms with van der Waals surface area (Å²) in [6.45, 7) is 5.66. The second-order valence-corrected chi connectivity index (χ2v) is 7.77. The van der Waals surface area contributed by atoms with Gasteiger partial charge in [-0.25, -0.2) is 13.4 Å². The van der Waals surface area contributed by atoms with Crippen LogP contribution in [0.3, 0.4) is 0 Å². The molecule has 1 rings (SSSR count). The van der Waals surface area contributed by atoms with Gasteiger partial charge in [0.1, 0.15) is 10.7 Å². The van der Waals surface area contributed by atoms with Gasteiger partial charge in [-0.15, -0.1) is 0 Å². The van der Waals surface area contributed by atoms with Crippen LogP contribution in [0.2, 0.25) is 0 Å². The van der Waals surface area contributed by atoms with E-state index < -0.39 is 21.8 Å². The molecule has 2 N–H and O–H groups in total. The van der Waals surface area contributed by atoms with Crippen molar-refractivity contribution in [2.45, 2.75) is 38.1 Å². The molecule has 20 heavy (non-hydrogen) atoms. The molecule has 0 aromatic carbocycles. The Morgan fingerprint density at radius 3 is 2.50 bits per heavy atom. The van der Waals surface area contributed by atoms with Gasteiger partial charge in [-0.05, 0) is 17.5 Å². The molecule has 0 amide bonds. The molecule has 0 aliphatic rings. The van der Waals surface area contributed by atoms with Crippen molar-refractivity contribution in [3.8, 4) is 0 Å². The second-order valence-electron chi connectivity index (χ2n) is 5.78. The lowest BCUT2D eigenvalue weighted by atomic mass is 9.85. The highest BCUT2D eigenvalue weighted by molar-refractivity contribution is 7.90. The third-order valence-corrected chi connectivity index (χ3v) is 4.03. The standard InChI is InChI=1S/C13H20N2O4S/c1-13(2,3)10(8-11(16)17)15-12-9(20(4,18)19)6-5-7-14-12/h5-7,10H,8H2,1-4H3,(H,14,15)(H,16,17). The molecule has 6 nitrogen and oxygen atoms in total. The van der Waals surface area contributed by atoms with Gasteiger partial charge in [-0.3, -0.25) is 4.79 Å². The summed E-state index contributed by atoms with van der Waals surface area (Å²) < 4.78 is 23.4. The molecule has 0 aliphatic heterocycles. The largest absolute Gasteiger partial charge is 0.481 e. The Labute approximate surface area is 119 Å². The minimum Gasteiger partial charge on any atom is -0.481 e. The van der Waals surface area contributed by atoms with Crippen molar-refractivity contribution < 1.29 is 18.3 Å². The maximum Gasteiger partial charge on any atom is 0.305 e. The van der Waals surface area contributed by atoms with E-state index in [4.69, 9.17) is 5.11 Å². The molecule has 0 bridgehead atoms. The smallest absolute Gasteiger partial charge is 0.305 e. The minimum absolute atomic E-state index is 0.0691. The highest BCUT2D eigenvalue weighted by Crippen LogP contribution is 2.27. The quantitative estimate of drug-likeness (QED) is 0.860. The first-order valence-corrected chi connectivity index (χ1v) is 8.04. The molecule has 0 aliphatic carbocycles. The fourth-order valence-corrected chi connectivity index (χ4v) is 2.50. The molecule has 0 radical (unpaired) electrons. The summed E-state index contributed by atoms with van der Waals surface area (Å²) in [6.07, 6.45) is 2.44. The first kappa shape index (κ1) is 16.4. The zero-order valence-corrected chi connectivity index (χ0v) is 12.9. The number of anilines is 1. The fraction of sp³-hybridized carbons (Fsp3) is 0.538. The van der Waals surface area contributed by atoms with Gasteiger partial charge < -0.3 is 10.4 Å².